The number of rotatable bonds is 4. The fourth-order valence-corrected chi connectivity index (χ4v) is 2.01. The van der Waals surface area contributed by atoms with Gasteiger partial charge in [-0.15, -0.1) is 0 Å². The SMILES string of the molecule is CCc1cccc(OCC2CN(C)CCO2)c1. The molecule has 0 saturated carbocycles. The zero-order valence-corrected chi connectivity index (χ0v) is 10.7. The second-order valence-electron chi connectivity index (χ2n) is 4.57. The van der Waals surface area contributed by atoms with Gasteiger partial charge in [-0.05, 0) is 31.2 Å². The fraction of sp³-hybridized carbons (Fsp3) is 0.571. The van der Waals surface area contributed by atoms with Crippen molar-refractivity contribution in [2.24, 2.45) is 0 Å². The number of morpholine rings is 1. The van der Waals surface area contributed by atoms with E-state index in [2.05, 4.69) is 31.0 Å². The van der Waals surface area contributed by atoms with Crippen LogP contribution in [0.4, 0.5) is 0 Å². The summed E-state index contributed by atoms with van der Waals surface area (Å²) in [5.74, 6) is 0.946. The predicted octanol–water partition coefficient (Wildman–Crippen LogP) is 1.96. The summed E-state index contributed by atoms with van der Waals surface area (Å²) >= 11 is 0. The van der Waals surface area contributed by atoms with Crippen molar-refractivity contribution < 1.29 is 9.47 Å². The molecule has 0 amide bonds. The highest BCUT2D eigenvalue weighted by Gasteiger charge is 2.18. The van der Waals surface area contributed by atoms with Crippen LogP contribution in [0.2, 0.25) is 0 Å². The van der Waals surface area contributed by atoms with E-state index in [1.165, 1.54) is 5.56 Å². The Morgan fingerprint density at radius 3 is 3.12 bits per heavy atom. The fourth-order valence-electron chi connectivity index (χ4n) is 2.01. The van der Waals surface area contributed by atoms with Crippen LogP contribution in [0.1, 0.15) is 12.5 Å². The van der Waals surface area contributed by atoms with Gasteiger partial charge in [0.05, 0.1) is 6.61 Å². The molecule has 94 valence electrons. The predicted molar refractivity (Wildman–Crippen MR) is 68.6 cm³/mol. The van der Waals surface area contributed by atoms with Crippen LogP contribution >= 0.6 is 0 Å². The molecule has 0 aliphatic carbocycles. The molecule has 1 saturated heterocycles. The van der Waals surface area contributed by atoms with E-state index in [1.807, 2.05) is 12.1 Å². The van der Waals surface area contributed by atoms with Gasteiger partial charge in [0.15, 0.2) is 0 Å². The first kappa shape index (κ1) is 12.4. The van der Waals surface area contributed by atoms with Gasteiger partial charge in [0.1, 0.15) is 18.5 Å². The molecule has 0 bridgehead atoms. The van der Waals surface area contributed by atoms with Crippen LogP contribution in [-0.4, -0.2) is 44.4 Å². The summed E-state index contributed by atoms with van der Waals surface area (Å²) in [6.07, 6.45) is 1.24. The summed E-state index contributed by atoms with van der Waals surface area (Å²) in [7, 11) is 2.12. The van der Waals surface area contributed by atoms with Crippen LogP contribution in [-0.2, 0) is 11.2 Å². The molecule has 1 aliphatic rings. The molecular weight excluding hydrogens is 214 g/mol. The van der Waals surface area contributed by atoms with Gasteiger partial charge in [0, 0.05) is 13.1 Å². The van der Waals surface area contributed by atoms with Crippen LogP contribution in [0.5, 0.6) is 5.75 Å². The molecule has 1 fully saturated rings. The van der Waals surface area contributed by atoms with Gasteiger partial charge >= 0.3 is 0 Å². The van der Waals surface area contributed by atoms with Crippen molar-refractivity contribution in [3.8, 4) is 5.75 Å². The van der Waals surface area contributed by atoms with Crippen LogP contribution < -0.4 is 4.74 Å². The maximum Gasteiger partial charge on any atom is 0.119 e. The zero-order chi connectivity index (χ0) is 12.1. The Labute approximate surface area is 103 Å². The summed E-state index contributed by atoms with van der Waals surface area (Å²) in [6.45, 7) is 5.56. The lowest BCUT2D eigenvalue weighted by Gasteiger charge is -2.29. The molecule has 0 spiro atoms. The highest BCUT2D eigenvalue weighted by molar-refractivity contribution is 5.28. The maximum atomic E-state index is 5.78. The highest BCUT2D eigenvalue weighted by atomic mass is 16.5. The molecule has 3 nitrogen and oxygen atoms in total. The van der Waals surface area contributed by atoms with E-state index in [0.717, 1.165) is 31.9 Å². The molecule has 1 atom stereocenters. The Morgan fingerprint density at radius 2 is 2.35 bits per heavy atom. The molecule has 1 aromatic carbocycles. The van der Waals surface area contributed by atoms with Crippen LogP contribution in [0, 0.1) is 0 Å². The van der Waals surface area contributed by atoms with Gasteiger partial charge in [-0.3, -0.25) is 0 Å². The summed E-state index contributed by atoms with van der Waals surface area (Å²) < 4.78 is 11.4. The number of nitrogens with zero attached hydrogens (tertiary/aromatic N) is 1. The van der Waals surface area contributed by atoms with Crippen LogP contribution in [0.3, 0.4) is 0 Å². The molecule has 0 aromatic heterocycles. The van der Waals surface area contributed by atoms with Gasteiger partial charge in [-0.25, -0.2) is 0 Å². The number of hydrogen-bond acceptors (Lipinski definition) is 3. The van der Waals surface area contributed by atoms with Crippen molar-refractivity contribution in [1.82, 2.24) is 4.90 Å². The Hall–Kier alpha value is -1.06. The van der Waals surface area contributed by atoms with Crippen molar-refractivity contribution in [2.45, 2.75) is 19.4 Å². The van der Waals surface area contributed by atoms with Crippen molar-refractivity contribution in [3.63, 3.8) is 0 Å². The largest absolute Gasteiger partial charge is 0.491 e. The second kappa shape index (κ2) is 6.03. The molecular formula is C14H21NO2. The minimum absolute atomic E-state index is 0.194. The third-order valence-electron chi connectivity index (χ3n) is 3.08. The van der Waals surface area contributed by atoms with Crippen molar-refractivity contribution in [2.75, 3.05) is 33.4 Å². The van der Waals surface area contributed by atoms with E-state index in [0.29, 0.717) is 6.61 Å². The molecule has 3 heteroatoms. The van der Waals surface area contributed by atoms with Gasteiger partial charge in [-0.2, -0.15) is 0 Å². The first-order valence-electron chi connectivity index (χ1n) is 6.30. The van der Waals surface area contributed by atoms with E-state index < -0.39 is 0 Å². The summed E-state index contributed by atoms with van der Waals surface area (Å²) in [4.78, 5) is 2.28. The van der Waals surface area contributed by atoms with Gasteiger partial charge in [-0.1, -0.05) is 19.1 Å². The smallest absolute Gasteiger partial charge is 0.119 e. The van der Waals surface area contributed by atoms with Gasteiger partial charge < -0.3 is 14.4 Å². The first-order valence-corrected chi connectivity index (χ1v) is 6.30. The average Bonchev–Trinajstić information content (AvgIpc) is 2.37. The molecule has 17 heavy (non-hydrogen) atoms. The highest BCUT2D eigenvalue weighted by Crippen LogP contribution is 2.15. The first-order chi connectivity index (χ1) is 8.28. The molecule has 2 rings (SSSR count). The lowest BCUT2D eigenvalue weighted by Crippen LogP contribution is -2.42. The standard InChI is InChI=1S/C14H21NO2/c1-3-12-5-4-6-13(9-12)17-11-14-10-15(2)7-8-16-14/h4-6,9,14H,3,7-8,10-11H2,1-2H3. The Bertz CT molecular complexity index is 354. The Kier molecular flexibility index (Phi) is 4.40. The van der Waals surface area contributed by atoms with Crippen molar-refractivity contribution in [3.05, 3.63) is 29.8 Å². The zero-order valence-electron chi connectivity index (χ0n) is 10.7. The third-order valence-corrected chi connectivity index (χ3v) is 3.08. The second-order valence-corrected chi connectivity index (χ2v) is 4.57. The number of likely N-dealkylation sites (N-methyl/N-ethyl adjacent to an activating group) is 1. The average molecular weight is 235 g/mol. The summed E-state index contributed by atoms with van der Waals surface area (Å²) in [6, 6.07) is 8.28. The normalized spacial score (nSPS) is 21.4. The molecule has 1 unspecified atom stereocenters. The lowest BCUT2D eigenvalue weighted by atomic mass is 10.2. The van der Waals surface area contributed by atoms with Gasteiger partial charge in [0.2, 0.25) is 0 Å². The van der Waals surface area contributed by atoms with E-state index in [-0.39, 0.29) is 6.10 Å². The lowest BCUT2D eigenvalue weighted by molar-refractivity contribution is -0.0403. The Morgan fingerprint density at radius 1 is 1.47 bits per heavy atom. The van der Waals surface area contributed by atoms with Crippen LogP contribution in [0.25, 0.3) is 0 Å². The van der Waals surface area contributed by atoms with E-state index in [1.54, 1.807) is 0 Å². The van der Waals surface area contributed by atoms with Crippen LogP contribution in [0.15, 0.2) is 24.3 Å². The van der Waals surface area contributed by atoms with Gasteiger partial charge in [0.25, 0.3) is 0 Å². The minimum atomic E-state index is 0.194. The third kappa shape index (κ3) is 3.72. The minimum Gasteiger partial charge on any atom is -0.491 e. The number of benzene rings is 1. The molecule has 0 radical (unpaired) electrons. The van der Waals surface area contributed by atoms with E-state index in [9.17, 15) is 0 Å². The maximum absolute atomic E-state index is 5.78. The monoisotopic (exact) mass is 235 g/mol. The molecule has 1 aromatic rings. The number of ether oxygens (including phenoxy) is 2. The molecule has 1 aliphatic heterocycles. The molecule has 1 heterocycles. The van der Waals surface area contributed by atoms with Crippen molar-refractivity contribution >= 4 is 0 Å². The number of aryl methyl sites for hydroxylation is 1. The summed E-state index contributed by atoms with van der Waals surface area (Å²) in [5.41, 5.74) is 1.31. The Balaban J connectivity index is 1.84. The van der Waals surface area contributed by atoms with E-state index in [4.69, 9.17) is 9.47 Å². The van der Waals surface area contributed by atoms with E-state index >= 15 is 0 Å². The topological polar surface area (TPSA) is 21.7 Å². The molecule has 0 N–H and O–H groups in total. The quantitative estimate of drug-likeness (QED) is 0.796. The summed E-state index contributed by atoms with van der Waals surface area (Å²) in [5, 5.41) is 0. The van der Waals surface area contributed by atoms with Crippen molar-refractivity contribution in [1.29, 1.82) is 0 Å². The number of hydrogen-bond donors (Lipinski definition) is 0.